The number of amides is 1. The predicted molar refractivity (Wildman–Crippen MR) is 62.0 cm³/mol. The lowest BCUT2D eigenvalue weighted by atomic mass is 10.1. The van der Waals surface area contributed by atoms with Crippen molar-refractivity contribution in [2.75, 3.05) is 18.1 Å². The molecule has 17 heavy (non-hydrogen) atoms. The van der Waals surface area contributed by atoms with E-state index < -0.39 is 24.7 Å². The van der Waals surface area contributed by atoms with E-state index in [1.165, 1.54) is 0 Å². The Morgan fingerprint density at radius 1 is 1.53 bits per heavy atom. The van der Waals surface area contributed by atoms with E-state index in [-0.39, 0.29) is 6.04 Å². The number of carbonyl (C=O) groups excluding carboxylic acids is 1. The molecule has 0 spiro atoms. The zero-order valence-corrected chi connectivity index (χ0v) is 10.5. The number of hydrogen-bond acceptors (Lipinski definition) is 3. The first-order valence-corrected chi connectivity index (χ1v) is 6.72. The molecule has 0 aromatic carbocycles. The third kappa shape index (κ3) is 6.16. The summed E-state index contributed by atoms with van der Waals surface area (Å²) < 4.78 is 35.7. The smallest absolute Gasteiger partial charge is 0.346 e. The van der Waals surface area contributed by atoms with E-state index in [0.29, 0.717) is 0 Å². The molecule has 1 amide bonds. The van der Waals surface area contributed by atoms with E-state index >= 15 is 0 Å². The highest BCUT2D eigenvalue weighted by Crippen LogP contribution is 2.17. The van der Waals surface area contributed by atoms with Crippen molar-refractivity contribution in [2.45, 2.75) is 38.0 Å². The van der Waals surface area contributed by atoms with Gasteiger partial charge in [0.15, 0.2) is 0 Å². The second-order valence-electron chi connectivity index (χ2n) is 4.14. The molecule has 100 valence electrons. The Morgan fingerprint density at radius 2 is 2.24 bits per heavy atom. The van der Waals surface area contributed by atoms with E-state index in [9.17, 15) is 18.0 Å². The lowest BCUT2D eigenvalue weighted by Gasteiger charge is -2.25. The van der Waals surface area contributed by atoms with E-state index in [1.54, 1.807) is 18.7 Å². The molecule has 1 aliphatic heterocycles. The van der Waals surface area contributed by atoms with Crippen LogP contribution in [0.5, 0.6) is 0 Å². The third-order valence-electron chi connectivity index (χ3n) is 2.50. The fourth-order valence-electron chi connectivity index (χ4n) is 1.64. The van der Waals surface area contributed by atoms with Gasteiger partial charge in [-0.25, -0.2) is 0 Å². The molecule has 3 nitrogen and oxygen atoms in total. The number of alkyl halides is 3. The Labute approximate surface area is 103 Å². The Morgan fingerprint density at radius 3 is 2.76 bits per heavy atom. The highest BCUT2D eigenvalue weighted by molar-refractivity contribution is 7.99. The van der Waals surface area contributed by atoms with Crippen molar-refractivity contribution in [2.24, 2.45) is 0 Å². The van der Waals surface area contributed by atoms with Gasteiger partial charge in [-0.1, -0.05) is 0 Å². The molecular weight excluding hydrogens is 253 g/mol. The van der Waals surface area contributed by atoms with Gasteiger partial charge in [0.2, 0.25) is 5.91 Å². The van der Waals surface area contributed by atoms with Gasteiger partial charge < -0.3 is 10.6 Å². The first-order chi connectivity index (χ1) is 7.88. The first-order valence-electron chi connectivity index (χ1n) is 5.57. The van der Waals surface area contributed by atoms with Gasteiger partial charge >= 0.3 is 6.18 Å². The Bertz CT molecular complexity index is 254. The Balaban J connectivity index is 2.26. The summed E-state index contributed by atoms with van der Waals surface area (Å²) >= 11 is 1.80. The van der Waals surface area contributed by atoms with E-state index in [0.717, 1.165) is 24.3 Å². The minimum Gasteiger partial charge on any atom is -0.346 e. The standard InChI is InChI=1S/C10H17F3N2OS/c1-7(9(16)14-6-10(11,12)13)15-8-3-2-4-17-5-8/h7-8,15H,2-6H2,1H3,(H,14,16). The molecule has 0 aliphatic carbocycles. The molecule has 0 radical (unpaired) electrons. The number of thioether (sulfide) groups is 1. The highest BCUT2D eigenvalue weighted by Gasteiger charge is 2.29. The van der Waals surface area contributed by atoms with Crippen LogP contribution in [-0.2, 0) is 4.79 Å². The maximum absolute atomic E-state index is 11.9. The molecule has 0 saturated carbocycles. The van der Waals surface area contributed by atoms with Crippen molar-refractivity contribution in [3.63, 3.8) is 0 Å². The Hall–Kier alpha value is -0.430. The summed E-state index contributed by atoms with van der Waals surface area (Å²) in [5.41, 5.74) is 0. The number of nitrogens with one attached hydrogen (secondary N) is 2. The van der Waals surface area contributed by atoms with Crippen molar-refractivity contribution >= 4 is 17.7 Å². The SMILES string of the molecule is CC(NC1CCCSC1)C(=O)NCC(F)(F)F. The van der Waals surface area contributed by atoms with Crippen molar-refractivity contribution in [3.05, 3.63) is 0 Å². The van der Waals surface area contributed by atoms with Crippen LogP contribution in [0.15, 0.2) is 0 Å². The van der Waals surface area contributed by atoms with Gasteiger partial charge in [0.25, 0.3) is 0 Å². The molecule has 0 bridgehead atoms. The summed E-state index contributed by atoms with van der Waals surface area (Å²) in [6, 6.07) is -0.360. The molecule has 1 rings (SSSR count). The fourth-order valence-corrected chi connectivity index (χ4v) is 2.73. The summed E-state index contributed by atoms with van der Waals surface area (Å²) in [5.74, 6) is 1.43. The highest BCUT2D eigenvalue weighted by atomic mass is 32.2. The number of hydrogen-bond donors (Lipinski definition) is 2. The quantitative estimate of drug-likeness (QED) is 0.814. The molecule has 0 aromatic heterocycles. The maximum Gasteiger partial charge on any atom is 0.405 e. The normalized spacial score (nSPS) is 23.2. The zero-order valence-electron chi connectivity index (χ0n) is 9.64. The largest absolute Gasteiger partial charge is 0.405 e. The van der Waals surface area contributed by atoms with Crippen LogP contribution in [0.2, 0.25) is 0 Å². The lowest BCUT2D eigenvalue weighted by Crippen LogP contribution is -2.49. The topological polar surface area (TPSA) is 41.1 Å². The summed E-state index contributed by atoms with van der Waals surface area (Å²) in [5, 5.41) is 4.93. The van der Waals surface area contributed by atoms with Gasteiger partial charge in [-0.15, -0.1) is 0 Å². The molecule has 2 atom stereocenters. The monoisotopic (exact) mass is 270 g/mol. The van der Waals surface area contributed by atoms with Gasteiger partial charge in [0.1, 0.15) is 6.54 Å². The molecule has 1 fully saturated rings. The molecule has 1 saturated heterocycles. The molecule has 2 unspecified atom stereocenters. The number of halogens is 3. The van der Waals surface area contributed by atoms with E-state index in [4.69, 9.17) is 0 Å². The summed E-state index contributed by atoms with van der Waals surface area (Å²) in [7, 11) is 0. The first kappa shape index (κ1) is 14.6. The van der Waals surface area contributed by atoms with Gasteiger partial charge in [0.05, 0.1) is 6.04 Å². The lowest BCUT2D eigenvalue weighted by molar-refractivity contribution is -0.139. The summed E-state index contributed by atoms with van der Waals surface area (Å²) in [4.78, 5) is 11.4. The third-order valence-corrected chi connectivity index (χ3v) is 3.72. The van der Waals surface area contributed by atoms with Crippen molar-refractivity contribution < 1.29 is 18.0 Å². The number of carbonyl (C=O) groups is 1. The molecular formula is C10H17F3N2OS. The predicted octanol–water partition coefficient (Wildman–Crippen LogP) is 1.54. The van der Waals surface area contributed by atoms with Gasteiger partial charge in [-0.3, -0.25) is 4.79 Å². The van der Waals surface area contributed by atoms with Gasteiger partial charge in [0, 0.05) is 11.8 Å². The van der Waals surface area contributed by atoms with Crippen LogP contribution in [0, 0.1) is 0 Å². The van der Waals surface area contributed by atoms with Crippen molar-refractivity contribution in [3.8, 4) is 0 Å². The average molecular weight is 270 g/mol. The average Bonchev–Trinajstić information content (AvgIpc) is 2.26. The minimum atomic E-state index is -4.35. The van der Waals surface area contributed by atoms with Gasteiger partial charge in [-0.05, 0) is 25.5 Å². The minimum absolute atomic E-state index is 0.223. The molecule has 7 heteroatoms. The van der Waals surface area contributed by atoms with E-state index in [1.807, 2.05) is 5.32 Å². The molecule has 0 aromatic rings. The van der Waals surface area contributed by atoms with Crippen LogP contribution in [-0.4, -0.2) is 42.2 Å². The second-order valence-corrected chi connectivity index (χ2v) is 5.29. The van der Waals surface area contributed by atoms with Crippen LogP contribution in [0.1, 0.15) is 19.8 Å². The van der Waals surface area contributed by atoms with E-state index in [2.05, 4.69) is 5.32 Å². The fraction of sp³-hybridized carbons (Fsp3) is 0.900. The molecule has 2 N–H and O–H groups in total. The molecule has 1 aliphatic rings. The summed E-state index contributed by atoms with van der Waals surface area (Å²) in [6.45, 7) is 0.322. The molecule has 1 heterocycles. The van der Waals surface area contributed by atoms with Crippen LogP contribution in [0.3, 0.4) is 0 Å². The van der Waals surface area contributed by atoms with Crippen molar-refractivity contribution in [1.82, 2.24) is 10.6 Å². The zero-order chi connectivity index (χ0) is 12.9. The van der Waals surface area contributed by atoms with Crippen LogP contribution in [0.4, 0.5) is 13.2 Å². The van der Waals surface area contributed by atoms with Gasteiger partial charge in [-0.2, -0.15) is 24.9 Å². The Kier molecular flexibility index (Phi) is 5.58. The summed E-state index contributed by atoms with van der Waals surface area (Å²) in [6.07, 6.45) is -2.29. The van der Waals surface area contributed by atoms with Crippen LogP contribution in [0.25, 0.3) is 0 Å². The number of rotatable bonds is 4. The van der Waals surface area contributed by atoms with Crippen LogP contribution >= 0.6 is 11.8 Å². The van der Waals surface area contributed by atoms with Crippen LogP contribution < -0.4 is 10.6 Å². The van der Waals surface area contributed by atoms with Crippen molar-refractivity contribution in [1.29, 1.82) is 0 Å². The maximum atomic E-state index is 11.9. The second kappa shape index (κ2) is 6.49.